The van der Waals surface area contributed by atoms with E-state index >= 15 is 0 Å². The summed E-state index contributed by atoms with van der Waals surface area (Å²) in [7, 11) is 0. The van der Waals surface area contributed by atoms with Crippen LogP contribution in [0.2, 0.25) is 5.02 Å². The monoisotopic (exact) mass is 359 g/mol. The quantitative estimate of drug-likeness (QED) is 0.710. The van der Waals surface area contributed by atoms with Crippen molar-refractivity contribution in [2.45, 2.75) is 26.4 Å². The number of hydrogen-bond acceptors (Lipinski definition) is 4. The van der Waals surface area contributed by atoms with Crippen molar-refractivity contribution in [3.63, 3.8) is 0 Å². The number of nitrogens with one attached hydrogen (secondary N) is 1. The lowest BCUT2D eigenvalue weighted by molar-refractivity contribution is 0.0946. The highest BCUT2D eigenvalue weighted by Gasteiger charge is 2.25. The number of benzene rings is 1. The molecule has 1 aromatic carbocycles. The molecule has 8 heteroatoms. The van der Waals surface area contributed by atoms with E-state index in [1.807, 2.05) is 23.7 Å². The van der Waals surface area contributed by atoms with Gasteiger partial charge in [0, 0.05) is 18.5 Å². The molecule has 3 aromatic rings. The summed E-state index contributed by atoms with van der Waals surface area (Å²) in [5.74, 6) is 0.197. The first-order valence-corrected chi connectivity index (χ1v) is 8.62. The molecule has 130 valence electrons. The fourth-order valence-corrected chi connectivity index (χ4v) is 3.34. The second kappa shape index (κ2) is 6.40. The van der Waals surface area contributed by atoms with Gasteiger partial charge in [0.1, 0.15) is 11.6 Å². The van der Waals surface area contributed by atoms with Crippen LogP contribution in [0.15, 0.2) is 24.3 Å². The molecule has 0 saturated carbocycles. The van der Waals surface area contributed by atoms with Crippen molar-refractivity contribution < 1.29 is 9.53 Å². The van der Waals surface area contributed by atoms with Gasteiger partial charge in [0.05, 0.1) is 17.8 Å². The van der Waals surface area contributed by atoms with Gasteiger partial charge in [-0.3, -0.25) is 9.48 Å². The Morgan fingerprint density at radius 2 is 2.20 bits per heavy atom. The summed E-state index contributed by atoms with van der Waals surface area (Å²) in [5, 5.41) is 13.1. The van der Waals surface area contributed by atoms with Crippen LogP contribution in [-0.4, -0.2) is 38.6 Å². The van der Waals surface area contributed by atoms with Crippen molar-refractivity contribution in [3.8, 4) is 5.88 Å². The Bertz CT molecular complexity index is 946. The highest BCUT2D eigenvalue weighted by Crippen LogP contribution is 2.31. The number of fused-ring (bicyclic) bond motifs is 2. The molecule has 0 saturated heterocycles. The Labute approximate surface area is 149 Å². The summed E-state index contributed by atoms with van der Waals surface area (Å²) in [6.45, 7) is 4.41. The van der Waals surface area contributed by atoms with Crippen LogP contribution in [0.1, 0.15) is 22.6 Å². The zero-order chi connectivity index (χ0) is 17.4. The number of para-hydroxylation sites is 1. The summed E-state index contributed by atoms with van der Waals surface area (Å²) < 4.78 is 8.96. The molecule has 1 aliphatic heterocycles. The maximum atomic E-state index is 12.2. The van der Waals surface area contributed by atoms with Crippen LogP contribution in [-0.2, 0) is 13.1 Å². The second-order valence-electron chi connectivity index (χ2n) is 5.97. The fraction of sp³-hybridized carbons (Fsp3) is 0.353. The number of nitrogens with zero attached hydrogens (tertiary/aromatic N) is 4. The SMILES string of the molecule is Cc1nn(CCCNC(=O)c2nn3c(c2Cl)OCC3)c2ccccc12. The van der Waals surface area contributed by atoms with Crippen LogP contribution < -0.4 is 10.1 Å². The third kappa shape index (κ3) is 2.84. The van der Waals surface area contributed by atoms with Crippen molar-refractivity contribution in [2.24, 2.45) is 0 Å². The van der Waals surface area contributed by atoms with Gasteiger partial charge in [0.25, 0.3) is 5.91 Å². The molecule has 0 atom stereocenters. The molecule has 0 spiro atoms. The van der Waals surface area contributed by atoms with Crippen LogP contribution in [0.4, 0.5) is 0 Å². The number of rotatable bonds is 5. The summed E-state index contributed by atoms with van der Waals surface area (Å²) in [6, 6.07) is 8.14. The van der Waals surface area contributed by atoms with E-state index in [-0.39, 0.29) is 16.6 Å². The predicted molar refractivity (Wildman–Crippen MR) is 94.2 cm³/mol. The number of carbonyl (C=O) groups is 1. The van der Waals surface area contributed by atoms with E-state index in [1.165, 1.54) is 0 Å². The van der Waals surface area contributed by atoms with E-state index in [9.17, 15) is 4.79 Å². The Hall–Kier alpha value is -2.54. The van der Waals surface area contributed by atoms with Gasteiger partial charge in [-0.25, -0.2) is 4.68 Å². The molecule has 3 heterocycles. The largest absolute Gasteiger partial charge is 0.475 e. The molecular weight excluding hydrogens is 342 g/mol. The van der Waals surface area contributed by atoms with Gasteiger partial charge in [0.15, 0.2) is 5.69 Å². The number of halogens is 1. The van der Waals surface area contributed by atoms with Crippen molar-refractivity contribution in [1.29, 1.82) is 0 Å². The molecular formula is C17H18ClN5O2. The number of amides is 1. The maximum absolute atomic E-state index is 12.2. The third-order valence-electron chi connectivity index (χ3n) is 4.28. The average Bonchev–Trinajstić information content (AvgIpc) is 3.28. The molecule has 7 nitrogen and oxygen atoms in total. The maximum Gasteiger partial charge on any atom is 0.273 e. The van der Waals surface area contributed by atoms with E-state index in [0.29, 0.717) is 25.6 Å². The first-order chi connectivity index (χ1) is 12.1. The molecule has 25 heavy (non-hydrogen) atoms. The zero-order valence-corrected chi connectivity index (χ0v) is 14.6. The lowest BCUT2D eigenvalue weighted by atomic mass is 10.2. The molecule has 0 bridgehead atoms. The zero-order valence-electron chi connectivity index (χ0n) is 13.8. The Balaban J connectivity index is 1.36. The first kappa shape index (κ1) is 16.0. The second-order valence-corrected chi connectivity index (χ2v) is 6.35. The normalized spacial score (nSPS) is 13.0. The lowest BCUT2D eigenvalue weighted by Gasteiger charge is -2.05. The summed E-state index contributed by atoms with van der Waals surface area (Å²) >= 11 is 6.16. The number of ether oxygens (including phenoxy) is 1. The van der Waals surface area contributed by atoms with Crippen LogP contribution in [0.3, 0.4) is 0 Å². The van der Waals surface area contributed by atoms with Crippen molar-refractivity contribution in [2.75, 3.05) is 13.2 Å². The molecule has 1 N–H and O–H groups in total. The third-order valence-corrected chi connectivity index (χ3v) is 4.62. The topological polar surface area (TPSA) is 74.0 Å². The Kier molecular flexibility index (Phi) is 4.09. The van der Waals surface area contributed by atoms with E-state index in [0.717, 1.165) is 29.6 Å². The summed E-state index contributed by atoms with van der Waals surface area (Å²) in [6.07, 6.45) is 0.762. The smallest absolute Gasteiger partial charge is 0.273 e. The minimum absolute atomic E-state index is 0.219. The minimum Gasteiger partial charge on any atom is -0.475 e. The molecule has 0 fully saturated rings. The van der Waals surface area contributed by atoms with Gasteiger partial charge in [-0.15, -0.1) is 0 Å². The standard InChI is InChI=1S/C17H18ClN5O2/c1-11-12-5-2-3-6-13(12)22(20-11)8-4-7-19-16(24)15-14(18)17-23(21-15)9-10-25-17/h2-3,5-6H,4,7-10H2,1H3,(H,19,24). The number of aryl methyl sites for hydroxylation is 2. The highest BCUT2D eigenvalue weighted by molar-refractivity contribution is 6.34. The van der Waals surface area contributed by atoms with E-state index < -0.39 is 0 Å². The molecule has 0 unspecified atom stereocenters. The van der Waals surface area contributed by atoms with E-state index in [2.05, 4.69) is 27.6 Å². The van der Waals surface area contributed by atoms with Crippen LogP contribution >= 0.6 is 11.6 Å². The van der Waals surface area contributed by atoms with Crippen LogP contribution in [0.5, 0.6) is 5.88 Å². The van der Waals surface area contributed by atoms with Crippen LogP contribution in [0, 0.1) is 6.92 Å². The highest BCUT2D eigenvalue weighted by atomic mass is 35.5. The number of hydrogen-bond donors (Lipinski definition) is 1. The van der Waals surface area contributed by atoms with Crippen molar-refractivity contribution in [1.82, 2.24) is 24.9 Å². The summed E-state index contributed by atoms with van der Waals surface area (Å²) in [5.41, 5.74) is 2.34. The number of aromatic nitrogens is 4. The first-order valence-electron chi connectivity index (χ1n) is 8.24. The molecule has 4 rings (SSSR count). The van der Waals surface area contributed by atoms with Gasteiger partial charge < -0.3 is 10.1 Å². The van der Waals surface area contributed by atoms with Gasteiger partial charge >= 0.3 is 0 Å². The van der Waals surface area contributed by atoms with Gasteiger partial charge in [-0.05, 0) is 19.4 Å². The van der Waals surface area contributed by atoms with E-state index in [4.69, 9.17) is 16.3 Å². The fourth-order valence-electron chi connectivity index (χ4n) is 3.07. The molecule has 1 aliphatic rings. The van der Waals surface area contributed by atoms with E-state index in [1.54, 1.807) is 4.68 Å². The van der Waals surface area contributed by atoms with Gasteiger partial charge in [-0.2, -0.15) is 10.2 Å². The molecule has 1 amide bonds. The number of carbonyl (C=O) groups excluding carboxylic acids is 1. The van der Waals surface area contributed by atoms with Gasteiger partial charge in [-0.1, -0.05) is 29.8 Å². The lowest BCUT2D eigenvalue weighted by Crippen LogP contribution is -2.26. The van der Waals surface area contributed by atoms with Crippen LogP contribution in [0.25, 0.3) is 10.9 Å². The average molecular weight is 360 g/mol. The molecule has 0 aliphatic carbocycles. The predicted octanol–water partition coefficient (Wildman–Crippen LogP) is 2.41. The van der Waals surface area contributed by atoms with Gasteiger partial charge in [0.2, 0.25) is 5.88 Å². The Morgan fingerprint density at radius 3 is 3.04 bits per heavy atom. The summed E-state index contributed by atoms with van der Waals surface area (Å²) in [4.78, 5) is 12.2. The minimum atomic E-state index is -0.281. The van der Waals surface area contributed by atoms with Crippen molar-refractivity contribution >= 4 is 28.4 Å². The Morgan fingerprint density at radius 1 is 1.36 bits per heavy atom. The molecule has 0 radical (unpaired) electrons. The van der Waals surface area contributed by atoms with Crippen molar-refractivity contribution in [3.05, 3.63) is 40.7 Å². The molecule has 2 aromatic heterocycles.